The van der Waals surface area contributed by atoms with Gasteiger partial charge in [0.15, 0.2) is 0 Å². The molecule has 0 radical (unpaired) electrons. The molecule has 1 heterocycles. The second-order valence-corrected chi connectivity index (χ2v) is 5.17. The molecule has 0 aromatic heterocycles. The van der Waals surface area contributed by atoms with Crippen molar-refractivity contribution in [3.63, 3.8) is 0 Å². The van der Waals surface area contributed by atoms with Gasteiger partial charge in [-0.3, -0.25) is 14.5 Å². The number of hydrogen-bond acceptors (Lipinski definition) is 4. The van der Waals surface area contributed by atoms with Crippen molar-refractivity contribution in [1.29, 1.82) is 0 Å². The maximum atomic E-state index is 12.4. The number of carboxylic acid groups (broad SMARTS) is 1. The maximum Gasteiger partial charge on any atom is 0.339 e. The summed E-state index contributed by atoms with van der Waals surface area (Å²) in [5, 5.41) is 18.5. The Hall–Kier alpha value is -2.63. The van der Waals surface area contributed by atoms with Gasteiger partial charge in [-0.1, -0.05) is 12.2 Å². The Bertz CT molecular complexity index is 653. The van der Waals surface area contributed by atoms with Crippen molar-refractivity contribution in [3.8, 4) is 5.75 Å². The van der Waals surface area contributed by atoms with Gasteiger partial charge < -0.3 is 10.2 Å². The van der Waals surface area contributed by atoms with E-state index in [1.807, 2.05) is 12.2 Å². The molecule has 3 rings (SSSR count). The third-order valence-electron chi connectivity index (χ3n) is 3.98. The molecule has 2 amide bonds. The minimum Gasteiger partial charge on any atom is -0.507 e. The lowest BCUT2D eigenvalue weighted by Crippen LogP contribution is -2.31. The summed E-state index contributed by atoms with van der Waals surface area (Å²) in [4.78, 5) is 36.8. The number of aromatic hydroxyl groups is 1. The first-order chi connectivity index (χ1) is 10.0. The first-order valence-corrected chi connectivity index (χ1v) is 6.60. The highest BCUT2D eigenvalue weighted by Gasteiger charge is 2.47. The minimum atomic E-state index is -1.31. The molecule has 21 heavy (non-hydrogen) atoms. The summed E-state index contributed by atoms with van der Waals surface area (Å²) in [7, 11) is 0. The number of allylic oxidation sites excluding steroid dienone is 2. The van der Waals surface area contributed by atoms with Gasteiger partial charge in [0, 0.05) is 0 Å². The van der Waals surface area contributed by atoms with Gasteiger partial charge >= 0.3 is 5.97 Å². The van der Waals surface area contributed by atoms with Crippen LogP contribution in [0, 0.1) is 11.8 Å². The van der Waals surface area contributed by atoms with Crippen molar-refractivity contribution < 1.29 is 24.6 Å². The molecule has 0 saturated carbocycles. The average Bonchev–Trinajstić information content (AvgIpc) is 2.72. The summed E-state index contributed by atoms with van der Waals surface area (Å²) in [5.41, 5.74) is -0.143. The van der Waals surface area contributed by atoms with E-state index in [9.17, 15) is 19.5 Å². The number of amides is 2. The normalized spacial score (nSPS) is 24.3. The third kappa shape index (κ3) is 1.99. The number of rotatable bonds is 2. The van der Waals surface area contributed by atoms with E-state index in [2.05, 4.69) is 0 Å². The Morgan fingerprint density at radius 1 is 1.10 bits per heavy atom. The highest BCUT2D eigenvalue weighted by atomic mass is 16.4. The van der Waals surface area contributed by atoms with Crippen LogP contribution in [0.2, 0.25) is 0 Å². The van der Waals surface area contributed by atoms with Crippen LogP contribution in [0.15, 0.2) is 30.4 Å². The Labute approximate surface area is 120 Å². The van der Waals surface area contributed by atoms with Gasteiger partial charge in [0.2, 0.25) is 11.8 Å². The van der Waals surface area contributed by atoms with Crippen LogP contribution in [-0.2, 0) is 9.59 Å². The quantitative estimate of drug-likeness (QED) is 0.635. The number of nitrogens with zero attached hydrogens (tertiary/aromatic N) is 1. The molecule has 1 saturated heterocycles. The molecule has 2 atom stereocenters. The molecule has 2 aliphatic rings. The lowest BCUT2D eigenvalue weighted by molar-refractivity contribution is -0.122. The first kappa shape index (κ1) is 13.4. The van der Waals surface area contributed by atoms with Crippen LogP contribution < -0.4 is 4.90 Å². The van der Waals surface area contributed by atoms with Crippen molar-refractivity contribution in [1.82, 2.24) is 0 Å². The number of aromatic carboxylic acids is 1. The van der Waals surface area contributed by atoms with Crippen molar-refractivity contribution in [3.05, 3.63) is 35.9 Å². The summed E-state index contributed by atoms with van der Waals surface area (Å²) in [6.45, 7) is 0. The molecule has 1 aromatic carbocycles. The van der Waals surface area contributed by atoms with Gasteiger partial charge in [-0.25, -0.2) is 4.79 Å². The number of imide groups is 1. The van der Waals surface area contributed by atoms with Gasteiger partial charge in [-0.15, -0.1) is 0 Å². The molecule has 1 fully saturated rings. The maximum absolute atomic E-state index is 12.4. The number of carboxylic acids is 1. The average molecular weight is 287 g/mol. The number of benzene rings is 1. The number of carbonyl (C=O) groups excluding carboxylic acids is 2. The number of fused-ring (bicyclic) bond motifs is 1. The summed E-state index contributed by atoms with van der Waals surface area (Å²) in [6.07, 6.45) is 4.82. The van der Waals surface area contributed by atoms with Crippen molar-refractivity contribution >= 4 is 23.5 Å². The van der Waals surface area contributed by atoms with Crippen molar-refractivity contribution in [2.45, 2.75) is 12.8 Å². The summed E-state index contributed by atoms with van der Waals surface area (Å²) >= 11 is 0. The van der Waals surface area contributed by atoms with E-state index < -0.39 is 11.7 Å². The molecule has 2 unspecified atom stereocenters. The molecule has 0 spiro atoms. The van der Waals surface area contributed by atoms with Crippen LogP contribution in [-0.4, -0.2) is 28.0 Å². The van der Waals surface area contributed by atoms with Crippen LogP contribution in [0.3, 0.4) is 0 Å². The van der Waals surface area contributed by atoms with E-state index >= 15 is 0 Å². The van der Waals surface area contributed by atoms with Gasteiger partial charge in [0.1, 0.15) is 11.3 Å². The first-order valence-electron chi connectivity index (χ1n) is 6.60. The monoisotopic (exact) mass is 287 g/mol. The van der Waals surface area contributed by atoms with Crippen molar-refractivity contribution in [2.75, 3.05) is 4.90 Å². The summed E-state index contributed by atoms with van der Waals surface area (Å²) in [5.74, 6) is -3.07. The Morgan fingerprint density at radius 3 is 2.19 bits per heavy atom. The van der Waals surface area contributed by atoms with E-state index in [-0.39, 0.29) is 34.9 Å². The Morgan fingerprint density at radius 2 is 1.67 bits per heavy atom. The fourth-order valence-electron chi connectivity index (χ4n) is 2.89. The minimum absolute atomic E-state index is 0.189. The molecule has 1 aliphatic heterocycles. The highest BCUT2D eigenvalue weighted by Crippen LogP contribution is 2.38. The molecular formula is C15H13NO5. The molecule has 6 heteroatoms. The second-order valence-electron chi connectivity index (χ2n) is 5.17. The lowest BCUT2D eigenvalue weighted by atomic mass is 9.85. The molecule has 1 aliphatic carbocycles. The van der Waals surface area contributed by atoms with Crippen LogP contribution in [0.1, 0.15) is 23.2 Å². The Kier molecular flexibility index (Phi) is 3.01. The van der Waals surface area contributed by atoms with Gasteiger partial charge in [0.25, 0.3) is 0 Å². The number of phenols is 1. The number of anilines is 1. The lowest BCUT2D eigenvalue weighted by Gasteiger charge is -2.15. The van der Waals surface area contributed by atoms with Crippen LogP contribution >= 0.6 is 0 Å². The molecule has 0 bridgehead atoms. The summed E-state index contributed by atoms with van der Waals surface area (Å²) in [6, 6.07) is 3.71. The fourth-order valence-corrected chi connectivity index (χ4v) is 2.89. The molecule has 1 aromatic rings. The zero-order chi connectivity index (χ0) is 15.1. The Balaban J connectivity index is 2.01. The highest BCUT2D eigenvalue weighted by molar-refractivity contribution is 6.22. The largest absolute Gasteiger partial charge is 0.507 e. The SMILES string of the molecule is O=C(O)c1cc(N2C(=O)C3CC=CCC3C2=O)ccc1O. The van der Waals surface area contributed by atoms with E-state index in [1.54, 1.807) is 0 Å². The smallest absolute Gasteiger partial charge is 0.339 e. The predicted octanol–water partition coefficient (Wildman–Crippen LogP) is 1.55. The molecular weight excluding hydrogens is 274 g/mol. The molecule has 108 valence electrons. The van der Waals surface area contributed by atoms with Gasteiger partial charge in [-0.05, 0) is 31.0 Å². The van der Waals surface area contributed by atoms with Crippen LogP contribution in [0.5, 0.6) is 5.75 Å². The zero-order valence-corrected chi connectivity index (χ0v) is 11.0. The molecule has 6 nitrogen and oxygen atoms in total. The van der Waals surface area contributed by atoms with E-state index in [0.717, 1.165) is 11.0 Å². The molecule has 2 N–H and O–H groups in total. The fraction of sp³-hybridized carbons (Fsp3) is 0.267. The number of carbonyl (C=O) groups is 3. The van der Waals surface area contributed by atoms with E-state index in [1.165, 1.54) is 12.1 Å². The topological polar surface area (TPSA) is 94.9 Å². The summed E-state index contributed by atoms with van der Waals surface area (Å²) < 4.78 is 0. The van der Waals surface area contributed by atoms with Crippen LogP contribution in [0.25, 0.3) is 0 Å². The van der Waals surface area contributed by atoms with Crippen molar-refractivity contribution in [2.24, 2.45) is 11.8 Å². The second kappa shape index (κ2) is 4.73. The zero-order valence-electron chi connectivity index (χ0n) is 11.0. The van der Waals surface area contributed by atoms with Gasteiger partial charge in [0.05, 0.1) is 17.5 Å². The van der Waals surface area contributed by atoms with Gasteiger partial charge in [-0.2, -0.15) is 0 Å². The van der Waals surface area contributed by atoms with E-state index in [0.29, 0.717) is 12.8 Å². The predicted molar refractivity (Wildman–Crippen MR) is 72.9 cm³/mol. The van der Waals surface area contributed by atoms with Crippen LogP contribution in [0.4, 0.5) is 5.69 Å². The van der Waals surface area contributed by atoms with E-state index in [4.69, 9.17) is 5.11 Å². The third-order valence-corrected chi connectivity index (χ3v) is 3.98. The number of hydrogen-bond donors (Lipinski definition) is 2. The standard InChI is InChI=1S/C15H13NO5/c17-12-6-5-8(7-11(12)15(20)21)16-13(18)9-3-1-2-4-10(9)14(16)19/h1-2,5-7,9-10,17H,3-4H2,(H,20,21).